The molecule has 0 saturated heterocycles. The SMILES string of the molecule is CN(CC(=O)NCCCc1ccc(Cl)c(Cl)c1)C(=O)OC(C)(C)C. The molecule has 7 heteroatoms. The number of ether oxygens (including phenoxy) is 1. The van der Waals surface area contributed by atoms with Gasteiger partial charge in [0.1, 0.15) is 12.1 Å². The van der Waals surface area contributed by atoms with Gasteiger partial charge in [-0.05, 0) is 51.3 Å². The van der Waals surface area contributed by atoms with Crippen molar-refractivity contribution in [2.45, 2.75) is 39.2 Å². The highest BCUT2D eigenvalue weighted by molar-refractivity contribution is 6.42. The van der Waals surface area contributed by atoms with E-state index in [9.17, 15) is 9.59 Å². The van der Waals surface area contributed by atoms with Crippen molar-refractivity contribution < 1.29 is 14.3 Å². The van der Waals surface area contributed by atoms with Crippen molar-refractivity contribution in [3.05, 3.63) is 33.8 Å². The second-order valence-corrected chi connectivity index (χ2v) is 7.35. The van der Waals surface area contributed by atoms with E-state index in [1.807, 2.05) is 12.1 Å². The van der Waals surface area contributed by atoms with Crippen molar-refractivity contribution in [3.8, 4) is 0 Å². The zero-order valence-electron chi connectivity index (χ0n) is 14.5. The molecule has 0 unspecified atom stereocenters. The zero-order chi connectivity index (χ0) is 18.3. The molecule has 134 valence electrons. The Morgan fingerprint density at radius 1 is 1.21 bits per heavy atom. The molecule has 5 nitrogen and oxygen atoms in total. The molecule has 1 rings (SSSR count). The lowest BCUT2D eigenvalue weighted by atomic mass is 10.1. The number of aryl methyl sites for hydroxylation is 1. The minimum absolute atomic E-state index is 0.0400. The topological polar surface area (TPSA) is 58.6 Å². The third kappa shape index (κ3) is 7.88. The van der Waals surface area contributed by atoms with Crippen molar-refractivity contribution in [2.24, 2.45) is 0 Å². The standard InChI is InChI=1S/C17H24Cl2N2O3/c1-17(2,3)24-16(23)21(4)11-15(22)20-9-5-6-12-7-8-13(18)14(19)10-12/h7-8,10H,5-6,9,11H2,1-4H3,(H,20,22). The van der Waals surface area contributed by atoms with Gasteiger partial charge in [-0.2, -0.15) is 0 Å². The molecule has 0 aliphatic carbocycles. The summed E-state index contributed by atoms with van der Waals surface area (Å²) in [4.78, 5) is 24.9. The summed E-state index contributed by atoms with van der Waals surface area (Å²) in [5.41, 5.74) is 0.478. The van der Waals surface area contributed by atoms with Crippen LogP contribution in [0.1, 0.15) is 32.8 Å². The van der Waals surface area contributed by atoms with Gasteiger partial charge in [-0.3, -0.25) is 4.79 Å². The van der Waals surface area contributed by atoms with Crippen LogP contribution in [-0.2, 0) is 16.0 Å². The molecule has 0 heterocycles. The van der Waals surface area contributed by atoms with Gasteiger partial charge >= 0.3 is 6.09 Å². The van der Waals surface area contributed by atoms with Crippen LogP contribution < -0.4 is 5.32 Å². The van der Waals surface area contributed by atoms with Gasteiger partial charge in [0.2, 0.25) is 5.91 Å². The van der Waals surface area contributed by atoms with Gasteiger partial charge in [-0.25, -0.2) is 4.79 Å². The van der Waals surface area contributed by atoms with Gasteiger partial charge in [0, 0.05) is 13.6 Å². The lowest BCUT2D eigenvalue weighted by Gasteiger charge is -2.24. The summed E-state index contributed by atoms with van der Waals surface area (Å²) in [7, 11) is 1.53. The first-order chi connectivity index (χ1) is 11.1. The fourth-order valence-electron chi connectivity index (χ4n) is 1.89. The van der Waals surface area contributed by atoms with E-state index >= 15 is 0 Å². The fourth-order valence-corrected chi connectivity index (χ4v) is 2.21. The molecule has 2 amide bonds. The monoisotopic (exact) mass is 374 g/mol. The average Bonchev–Trinajstić information content (AvgIpc) is 2.45. The van der Waals surface area contributed by atoms with E-state index in [1.54, 1.807) is 26.8 Å². The Morgan fingerprint density at radius 2 is 1.88 bits per heavy atom. The van der Waals surface area contributed by atoms with Gasteiger partial charge in [0.15, 0.2) is 0 Å². The summed E-state index contributed by atoms with van der Waals surface area (Å²) in [6.45, 7) is 5.81. The first kappa shape index (κ1) is 20.6. The molecule has 1 aromatic rings. The van der Waals surface area contributed by atoms with Crippen LogP contribution in [0.3, 0.4) is 0 Å². The Morgan fingerprint density at radius 3 is 2.46 bits per heavy atom. The van der Waals surface area contributed by atoms with Crippen LogP contribution in [0, 0.1) is 0 Å². The highest BCUT2D eigenvalue weighted by Gasteiger charge is 2.20. The maximum absolute atomic E-state index is 11.8. The third-order valence-corrected chi connectivity index (χ3v) is 3.77. The molecule has 1 aromatic carbocycles. The lowest BCUT2D eigenvalue weighted by Crippen LogP contribution is -2.41. The number of benzene rings is 1. The molecular weight excluding hydrogens is 351 g/mol. The molecule has 1 N–H and O–H groups in total. The van der Waals surface area contributed by atoms with E-state index in [0.717, 1.165) is 18.4 Å². The van der Waals surface area contributed by atoms with Gasteiger partial charge in [-0.15, -0.1) is 0 Å². The second-order valence-electron chi connectivity index (χ2n) is 6.54. The number of hydrogen-bond acceptors (Lipinski definition) is 3. The van der Waals surface area contributed by atoms with Crippen LogP contribution in [0.2, 0.25) is 10.0 Å². The molecular formula is C17H24Cl2N2O3. The van der Waals surface area contributed by atoms with Crippen LogP contribution in [0.15, 0.2) is 18.2 Å². The van der Waals surface area contributed by atoms with E-state index in [1.165, 1.54) is 11.9 Å². The summed E-state index contributed by atoms with van der Waals surface area (Å²) in [6.07, 6.45) is 1.02. The van der Waals surface area contributed by atoms with Crippen LogP contribution in [0.4, 0.5) is 4.79 Å². The maximum atomic E-state index is 11.8. The molecule has 0 radical (unpaired) electrons. The lowest BCUT2D eigenvalue weighted by molar-refractivity contribution is -0.122. The van der Waals surface area contributed by atoms with Crippen molar-refractivity contribution in [1.82, 2.24) is 10.2 Å². The van der Waals surface area contributed by atoms with Gasteiger partial charge in [0.25, 0.3) is 0 Å². The number of halogens is 2. The molecule has 0 atom stereocenters. The number of nitrogens with zero attached hydrogens (tertiary/aromatic N) is 1. The van der Waals surface area contributed by atoms with Crippen LogP contribution in [-0.4, -0.2) is 42.6 Å². The summed E-state index contributed by atoms with van der Waals surface area (Å²) >= 11 is 11.8. The fraction of sp³-hybridized carbons (Fsp3) is 0.529. The third-order valence-electron chi connectivity index (χ3n) is 3.03. The molecule has 0 fully saturated rings. The minimum atomic E-state index is -0.582. The summed E-state index contributed by atoms with van der Waals surface area (Å²) in [6, 6.07) is 5.49. The van der Waals surface area contributed by atoms with Crippen molar-refractivity contribution >= 4 is 35.2 Å². The van der Waals surface area contributed by atoms with E-state index in [4.69, 9.17) is 27.9 Å². The first-order valence-corrected chi connectivity index (χ1v) is 8.49. The maximum Gasteiger partial charge on any atom is 0.410 e. The van der Waals surface area contributed by atoms with Crippen molar-refractivity contribution in [3.63, 3.8) is 0 Å². The number of hydrogen-bond donors (Lipinski definition) is 1. The largest absolute Gasteiger partial charge is 0.444 e. The Bertz CT molecular complexity index is 586. The number of rotatable bonds is 6. The number of nitrogens with one attached hydrogen (secondary N) is 1. The Hall–Kier alpha value is -1.46. The first-order valence-electron chi connectivity index (χ1n) is 7.73. The van der Waals surface area contributed by atoms with Crippen molar-refractivity contribution in [1.29, 1.82) is 0 Å². The summed E-state index contributed by atoms with van der Waals surface area (Å²) in [5, 5.41) is 3.83. The zero-order valence-corrected chi connectivity index (χ0v) is 16.0. The number of carbonyl (C=O) groups excluding carboxylic acids is 2. The Kier molecular flexibility index (Phi) is 7.84. The average molecular weight is 375 g/mol. The summed E-state index contributed by atoms with van der Waals surface area (Å²) < 4.78 is 5.19. The predicted octanol–water partition coefficient (Wildman–Crippen LogP) is 3.91. The van der Waals surface area contributed by atoms with Gasteiger partial charge in [0.05, 0.1) is 10.0 Å². The van der Waals surface area contributed by atoms with E-state index in [0.29, 0.717) is 16.6 Å². The predicted molar refractivity (Wildman–Crippen MR) is 96.7 cm³/mol. The molecule has 0 aliphatic heterocycles. The molecule has 0 bridgehead atoms. The number of carbonyl (C=O) groups is 2. The highest BCUT2D eigenvalue weighted by Crippen LogP contribution is 2.23. The Balaban J connectivity index is 2.28. The molecule has 0 spiro atoms. The quantitative estimate of drug-likeness (QED) is 0.767. The van der Waals surface area contributed by atoms with E-state index in [-0.39, 0.29) is 12.5 Å². The minimum Gasteiger partial charge on any atom is -0.444 e. The summed E-state index contributed by atoms with van der Waals surface area (Å²) in [5.74, 6) is -0.225. The Labute approximate surface area is 153 Å². The molecule has 24 heavy (non-hydrogen) atoms. The normalized spacial score (nSPS) is 11.1. The number of amides is 2. The number of likely N-dealkylation sites (N-methyl/N-ethyl adjacent to an activating group) is 1. The molecule has 0 aromatic heterocycles. The van der Waals surface area contributed by atoms with E-state index < -0.39 is 11.7 Å². The van der Waals surface area contributed by atoms with E-state index in [2.05, 4.69) is 5.32 Å². The van der Waals surface area contributed by atoms with Crippen LogP contribution >= 0.6 is 23.2 Å². The molecule has 0 aliphatic rings. The van der Waals surface area contributed by atoms with Gasteiger partial charge < -0.3 is 15.0 Å². The highest BCUT2D eigenvalue weighted by atomic mass is 35.5. The van der Waals surface area contributed by atoms with Crippen LogP contribution in [0.5, 0.6) is 0 Å². The molecule has 0 saturated carbocycles. The second kappa shape index (κ2) is 9.14. The van der Waals surface area contributed by atoms with Crippen LogP contribution in [0.25, 0.3) is 0 Å². The van der Waals surface area contributed by atoms with Crippen molar-refractivity contribution in [2.75, 3.05) is 20.1 Å². The smallest absolute Gasteiger partial charge is 0.410 e. The van der Waals surface area contributed by atoms with Gasteiger partial charge in [-0.1, -0.05) is 29.3 Å².